The topological polar surface area (TPSA) is 55.7 Å². The molecule has 0 saturated heterocycles. The van der Waals surface area contributed by atoms with Crippen molar-refractivity contribution in [3.05, 3.63) is 69.1 Å². The van der Waals surface area contributed by atoms with Crippen molar-refractivity contribution < 1.29 is 9.47 Å². The Labute approximate surface area is 164 Å². The molecule has 0 radical (unpaired) electrons. The molecule has 26 heavy (non-hydrogen) atoms. The molecule has 0 saturated carbocycles. The summed E-state index contributed by atoms with van der Waals surface area (Å²) >= 11 is 4.94. The molecular weight excluding hydrogens is 414 g/mol. The predicted molar refractivity (Wildman–Crippen MR) is 110 cm³/mol. The summed E-state index contributed by atoms with van der Waals surface area (Å²) in [5, 5.41) is 6.94. The van der Waals surface area contributed by atoms with Crippen LogP contribution in [0.25, 0.3) is 0 Å². The number of benzene rings is 2. The molecule has 2 aromatic carbocycles. The zero-order chi connectivity index (χ0) is 18.4. The van der Waals surface area contributed by atoms with Crippen molar-refractivity contribution in [1.82, 2.24) is 4.98 Å². The zero-order valence-corrected chi connectivity index (χ0v) is 16.8. The first-order chi connectivity index (χ1) is 12.6. The summed E-state index contributed by atoms with van der Waals surface area (Å²) in [5.74, 6) is 1.35. The van der Waals surface area contributed by atoms with Gasteiger partial charge in [-0.2, -0.15) is 5.10 Å². The second-order valence-corrected chi connectivity index (χ2v) is 7.26. The lowest BCUT2D eigenvalue weighted by Gasteiger charge is -2.11. The number of aryl methyl sites for hydroxylation is 1. The van der Waals surface area contributed by atoms with E-state index in [1.165, 1.54) is 11.3 Å². The van der Waals surface area contributed by atoms with Crippen LogP contribution in [0.3, 0.4) is 0 Å². The van der Waals surface area contributed by atoms with Gasteiger partial charge < -0.3 is 9.47 Å². The SMILES string of the molecule is COc1cc(/C=N\Nc2nc(C)cs2)ccc1OCc1ccc(Br)cc1. The first-order valence-electron chi connectivity index (χ1n) is 7.90. The minimum absolute atomic E-state index is 0.474. The molecule has 0 amide bonds. The minimum atomic E-state index is 0.474. The van der Waals surface area contributed by atoms with E-state index in [1.807, 2.05) is 54.8 Å². The monoisotopic (exact) mass is 431 g/mol. The van der Waals surface area contributed by atoms with Crippen LogP contribution in [0.4, 0.5) is 5.13 Å². The summed E-state index contributed by atoms with van der Waals surface area (Å²) in [6.07, 6.45) is 1.72. The van der Waals surface area contributed by atoms with Gasteiger partial charge >= 0.3 is 0 Å². The second-order valence-electron chi connectivity index (χ2n) is 5.49. The highest BCUT2D eigenvalue weighted by atomic mass is 79.9. The summed E-state index contributed by atoms with van der Waals surface area (Å²) in [7, 11) is 1.62. The van der Waals surface area contributed by atoms with Crippen molar-refractivity contribution in [3.63, 3.8) is 0 Å². The van der Waals surface area contributed by atoms with E-state index in [2.05, 4.69) is 31.4 Å². The van der Waals surface area contributed by atoms with E-state index >= 15 is 0 Å². The fourth-order valence-electron chi connectivity index (χ4n) is 2.19. The quantitative estimate of drug-likeness (QED) is 0.410. The number of halogens is 1. The van der Waals surface area contributed by atoms with Crippen molar-refractivity contribution in [2.24, 2.45) is 5.10 Å². The van der Waals surface area contributed by atoms with Crippen LogP contribution < -0.4 is 14.9 Å². The molecular formula is C19H18BrN3O2S. The van der Waals surface area contributed by atoms with Gasteiger partial charge in [0.05, 0.1) is 19.0 Å². The summed E-state index contributed by atoms with van der Waals surface area (Å²) in [5.41, 5.74) is 5.88. The Balaban J connectivity index is 1.63. The number of hydrazone groups is 1. The van der Waals surface area contributed by atoms with E-state index in [1.54, 1.807) is 13.3 Å². The van der Waals surface area contributed by atoms with Crippen molar-refractivity contribution in [3.8, 4) is 11.5 Å². The predicted octanol–water partition coefficient (Wildman–Crippen LogP) is 5.25. The van der Waals surface area contributed by atoms with E-state index in [-0.39, 0.29) is 0 Å². The fourth-order valence-corrected chi connectivity index (χ4v) is 3.09. The number of thiazole rings is 1. The van der Waals surface area contributed by atoms with Crippen LogP contribution in [0.1, 0.15) is 16.8 Å². The normalized spacial score (nSPS) is 10.9. The first-order valence-corrected chi connectivity index (χ1v) is 9.58. The van der Waals surface area contributed by atoms with Gasteiger partial charge in [0.15, 0.2) is 11.5 Å². The van der Waals surface area contributed by atoms with Gasteiger partial charge in [0, 0.05) is 9.85 Å². The number of hydrogen-bond acceptors (Lipinski definition) is 6. The molecule has 0 aliphatic rings. The standard InChI is InChI=1S/C19H18BrN3O2S/c1-13-12-26-19(22-13)23-21-10-15-5-8-17(18(9-15)24-2)25-11-14-3-6-16(20)7-4-14/h3-10,12H,11H2,1-2H3,(H,22,23)/b21-10-. The Morgan fingerprint density at radius 3 is 2.69 bits per heavy atom. The van der Waals surface area contributed by atoms with Crippen LogP contribution in [-0.2, 0) is 6.61 Å². The van der Waals surface area contributed by atoms with Gasteiger partial charge in [0.1, 0.15) is 6.61 Å². The van der Waals surface area contributed by atoms with Crippen LogP contribution in [0.15, 0.2) is 57.4 Å². The molecule has 0 spiro atoms. The van der Waals surface area contributed by atoms with E-state index < -0.39 is 0 Å². The summed E-state index contributed by atoms with van der Waals surface area (Å²) in [6, 6.07) is 13.7. The van der Waals surface area contributed by atoms with Crippen molar-refractivity contribution >= 4 is 38.6 Å². The van der Waals surface area contributed by atoms with Gasteiger partial charge in [-0.3, -0.25) is 5.43 Å². The number of ether oxygens (including phenoxy) is 2. The third kappa shape index (κ3) is 5.06. The molecule has 0 unspecified atom stereocenters. The fraction of sp³-hybridized carbons (Fsp3) is 0.158. The van der Waals surface area contributed by atoms with Crippen LogP contribution in [-0.4, -0.2) is 18.3 Å². The molecule has 3 rings (SSSR count). The maximum atomic E-state index is 5.88. The highest BCUT2D eigenvalue weighted by Crippen LogP contribution is 2.28. The van der Waals surface area contributed by atoms with E-state index in [9.17, 15) is 0 Å². The molecule has 0 fully saturated rings. The smallest absolute Gasteiger partial charge is 0.203 e. The summed E-state index contributed by atoms with van der Waals surface area (Å²) < 4.78 is 12.4. The lowest BCUT2D eigenvalue weighted by atomic mass is 10.2. The number of methoxy groups -OCH3 is 1. The van der Waals surface area contributed by atoms with E-state index in [0.717, 1.165) is 26.4 Å². The zero-order valence-electron chi connectivity index (χ0n) is 14.4. The van der Waals surface area contributed by atoms with Crippen molar-refractivity contribution in [1.29, 1.82) is 0 Å². The number of rotatable bonds is 7. The minimum Gasteiger partial charge on any atom is -0.493 e. The molecule has 134 valence electrons. The van der Waals surface area contributed by atoms with Crippen molar-refractivity contribution in [2.45, 2.75) is 13.5 Å². The van der Waals surface area contributed by atoms with Crippen LogP contribution in [0.5, 0.6) is 11.5 Å². The molecule has 5 nitrogen and oxygen atoms in total. The molecule has 3 aromatic rings. The van der Waals surface area contributed by atoms with Gasteiger partial charge in [-0.15, -0.1) is 11.3 Å². The Kier molecular flexibility index (Phi) is 6.25. The number of hydrogen-bond donors (Lipinski definition) is 1. The lowest BCUT2D eigenvalue weighted by Crippen LogP contribution is -1.98. The number of nitrogens with zero attached hydrogens (tertiary/aromatic N) is 2. The van der Waals surface area contributed by atoms with E-state index in [4.69, 9.17) is 9.47 Å². The van der Waals surface area contributed by atoms with Crippen LogP contribution in [0.2, 0.25) is 0 Å². The van der Waals surface area contributed by atoms with Gasteiger partial charge in [0.25, 0.3) is 0 Å². The highest BCUT2D eigenvalue weighted by molar-refractivity contribution is 9.10. The maximum Gasteiger partial charge on any atom is 0.203 e. The molecule has 7 heteroatoms. The molecule has 0 aliphatic carbocycles. The largest absolute Gasteiger partial charge is 0.493 e. The third-order valence-corrected chi connectivity index (χ3v) is 4.88. The molecule has 0 bridgehead atoms. The number of aromatic nitrogens is 1. The van der Waals surface area contributed by atoms with Gasteiger partial charge in [0.2, 0.25) is 5.13 Å². The van der Waals surface area contributed by atoms with Gasteiger partial charge in [-0.25, -0.2) is 4.98 Å². The molecule has 1 heterocycles. The Morgan fingerprint density at radius 2 is 2.00 bits per heavy atom. The Bertz CT molecular complexity index is 894. The average molecular weight is 432 g/mol. The van der Waals surface area contributed by atoms with Crippen LogP contribution >= 0.6 is 27.3 Å². The number of anilines is 1. The molecule has 1 N–H and O–H groups in total. The maximum absolute atomic E-state index is 5.88. The molecule has 0 aliphatic heterocycles. The summed E-state index contributed by atoms with van der Waals surface area (Å²) in [4.78, 5) is 4.29. The number of nitrogens with one attached hydrogen (secondary N) is 1. The van der Waals surface area contributed by atoms with Crippen molar-refractivity contribution in [2.75, 3.05) is 12.5 Å². The van der Waals surface area contributed by atoms with Gasteiger partial charge in [-0.05, 0) is 48.4 Å². The lowest BCUT2D eigenvalue weighted by molar-refractivity contribution is 0.284. The second kappa shape index (κ2) is 8.82. The van der Waals surface area contributed by atoms with Gasteiger partial charge in [-0.1, -0.05) is 28.1 Å². The van der Waals surface area contributed by atoms with Crippen LogP contribution in [0, 0.1) is 6.92 Å². The third-order valence-electron chi connectivity index (χ3n) is 3.49. The summed E-state index contributed by atoms with van der Waals surface area (Å²) in [6.45, 7) is 2.42. The highest BCUT2D eigenvalue weighted by Gasteiger charge is 2.06. The molecule has 1 aromatic heterocycles. The Hall–Kier alpha value is -2.38. The first kappa shape index (κ1) is 18.4. The Morgan fingerprint density at radius 1 is 1.19 bits per heavy atom. The average Bonchev–Trinajstić information content (AvgIpc) is 3.07. The van der Waals surface area contributed by atoms with E-state index in [0.29, 0.717) is 18.1 Å². The molecule has 0 atom stereocenters.